The zero-order valence-electron chi connectivity index (χ0n) is 12.0. The van der Waals surface area contributed by atoms with E-state index in [1.54, 1.807) is 0 Å². The maximum atomic E-state index is 5.59. The fourth-order valence-electron chi connectivity index (χ4n) is 2.65. The summed E-state index contributed by atoms with van der Waals surface area (Å²) in [4.78, 5) is 0. The van der Waals surface area contributed by atoms with Crippen molar-refractivity contribution in [2.75, 3.05) is 19.8 Å². The molecule has 0 amide bonds. The van der Waals surface area contributed by atoms with Crippen molar-refractivity contribution >= 4 is 0 Å². The number of hydrogen-bond acceptors (Lipinski definition) is 2. The van der Waals surface area contributed by atoms with Crippen LogP contribution in [0.1, 0.15) is 59.3 Å². The van der Waals surface area contributed by atoms with Gasteiger partial charge in [-0.1, -0.05) is 40.0 Å². The van der Waals surface area contributed by atoms with E-state index in [9.17, 15) is 0 Å². The number of rotatable bonds is 8. The molecule has 1 rings (SSSR count). The van der Waals surface area contributed by atoms with Gasteiger partial charge in [0.2, 0.25) is 0 Å². The van der Waals surface area contributed by atoms with Crippen molar-refractivity contribution in [3.05, 3.63) is 0 Å². The van der Waals surface area contributed by atoms with E-state index in [4.69, 9.17) is 4.74 Å². The van der Waals surface area contributed by atoms with Gasteiger partial charge in [-0.15, -0.1) is 0 Å². The highest BCUT2D eigenvalue weighted by atomic mass is 16.5. The first-order valence-corrected chi connectivity index (χ1v) is 7.53. The molecule has 1 aliphatic carbocycles. The van der Waals surface area contributed by atoms with Gasteiger partial charge in [0.05, 0.1) is 0 Å². The van der Waals surface area contributed by atoms with Gasteiger partial charge in [0.15, 0.2) is 0 Å². The van der Waals surface area contributed by atoms with E-state index in [1.807, 2.05) is 0 Å². The Morgan fingerprint density at radius 1 is 1.29 bits per heavy atom. The second kappa shape index (κ2) is 8.93. The SMILES string of the molecule is CCC1CCCC(NCCCOCC(C)C)C1. The molecule has 1 saturated carbocycles. The highest BCUT2D eigenvalue weighted by Crippen LogP contribution is 2.26. The third-order valence-electron chi connectivity index (χ3n) is 3.71. The predicted octanol–water partition coefficient (Wildman–Crippen LogP) is 3.61. The molecule has 1 N–H and O–H groups in total. The zero-order chi connectivity index (χ0) is 12.5. The first kappa shape index (κ1) is 15.0. The molecule has 0 heterocycles. The second-order valence-corrected chi connectivity index (χ2v) is 5.91. The van der Waals surface area contributed by atoms with Gasteiger partial charge in [0.25, 0.3) is 0 Å². The molecule has 2 heteroatoms. The lowest BCUT2D eigenvalue weighted by Crippen LogP contribution is -2.35. The molecule has 0 aromatic heterocycles. The Labute approximate surface area is 108 Å². The highest BCUT2D eigenvalue weighted by molar-refractivity contribution is 4.77. The summed E-state index contributed by atoms with van der Waals surface area (Å²) >= 11 is 0. The number of hydrogen-bond donors (Lipinski definition) is 1. The van der Waals surface area contributed by atoms with Crippen LogP contribution in [0.15, 0.2) is 0 Å². The Hall–Kier alpha value is -0.0800. The average Bonchev–Trinajstić information content (AvgIpc) is 2.33. The van der Waals surface area contributed by atoms with Crippen LogP contribution in [0.2, 0.25) is 0 Å². The maximum absolute atomic E-state index is 5.59. The van der Waals surface area contributed by atoms with E-state index in [-0.39, 0.29) is 0 Å². The van der Waals surface area contributed by atoms with Gasteiger partial charge in [0, 0.05) is 19.3 Å². The number of ether oxygens (including phenoxy) is 1. The molecule has 1 fully saturated rings. The third-order valence-corrected chi connectivity index (χ3v) is 3.71. The van der Waals surface area contributed by atoms with Crippen molar-refractivity contribution in [3.8, 4) is 0 Å². The molecule has 102 valence electrons. The van der Waals surface area contributed by atoms with Gasteiger partial charge in [-0.2, -0.15) is 0 Å². The van der Waals surface area contributed by atoms with Crippen molar-refractivity contribution in [3.63, 3.8) is 0 Å². The molecular weight excluding hydrogens is 210 g/mol. The summed E-state index contributed by atoms with van der Waals surface area (Å²) in [6.07, 6.45) is 8.15. The Bertz CT molecular complexity index is 182. The molecule has 0 spiro atoms. The lowest BCUT2D eigenvalue weighted by Gasteiger charge is -2.29. The standard InChI is InChI=1S/C15H31NO/c1-4-14-7-5-8-15(11-14)16-9-6-10-17-12-13(2)3/h13-16H,4-12H2,1-3H3. The molecule has 2 unspecified atom stereocenters. The topological polar surface area (TPSA) is 21.3 Å². The molecule has 0 aromatic rings. The largest absolute Gasteiger partial charge is 0.381 e. The molecule has 0 radical (unpaired) electrons. The normalized spacial score (nSPS) is 25.4. The van der Waals surface area contributed by atoms with E-state index in [2.05, 4.69) is 26.1 Å². The Morgan fingerprint density at radius 2 is 2.12 bits per heavy atom. The molecule has 0 aromatic carbocycles. The van der Waals surface area contributed by atoms with Crippen LogP contribution >= 0.6 is 0 Å². The summed E-state index contributed by atoms with van der Waals surface area (Å²) in [5.74, 6) is 1.63. The zero-order valence-corrected chi connectivity index (χ0v) is 12.0. The van der Waals surface area contributed by atoms with E-state index >= 15 is 0 Å². The molecular formula is C15H31NO. The van der Waals surface area contributed by atoms with Crippen LogP contribution in [0.3, 0.4) is 0 Å². The Morgan fingerprint density at radius 3 is 2.82 bits per heavy atom. The maximum Gasteiger partial charge on any atom is 0.0489 e. The lowest BCUT2D eigenvalue weighted by molar-refractivity contribution is 0.107. The summed E-state index contributed by atoms with van der Waals surface area (Å²) in [6, 6.07) is 0.777. The quantitative estimate of drug-likeness (QED) is 0.656. The molecule has 0 bridgehead atoms. The Balaban J connectivity index is 1.95. The molecule has 0 aliphatic heterocycles. The summed E-state index contributed by atoms with van der Waals surface area (Å²) in [6.45, 7) is 9.67. The fraction of sp³-hybridized carbons (Fsp3) is 1.00. The molecule has 2 nitrogen and oxygen atoms in total. The van der Waals surface area contributed by atoms with E-state index in [0.717, 1.165) is 38.1 Å². The minimum atomic E-state index is 0.659. The Kier molecular flexibility index (Phi) is 7.87. The van der Waals surface area contributed by atoms with Gasteiger partial charge in [0.1, 0.15) is 0 Å². The van der Waals surface area contributed by atoms with Gasteiger partial charge < -0.3 is 10.1 Å². The lowest BCUT2D eigenvalue weighted by atomic mass is 9.84. The average molecular weight is 241 g/mol. The van der Waals surface area contributed by atoms with Crippen molar-refractivity contribution in [2.24, 2.45) is 11.8 Å². The van der Waals surface area contributed by atoms with Gasteiger partial charge in [-0.05, 0) is 37.6 Å². The van der Waals surface area contributed by atoms with Crippen LogP contribution < -0.4 is 5.32 Å². The molecule has 1 aliphatic rings. The van der Waals surface area contributed by atoms with Crippen LogP contribution in [0.5, 0.6) is 0 Å². The van der Waals surface area contributed by atoms with E-state index in [1.165, 1.54) is 32.1 Å². The summed E-state index contributed by atoms with van der Waals surface area (Å²) < 4.78 is 5.59. The van der Waals surface area contributed by atoms with Gasteiger partial charge in [-0.3, -0.25) is 0 Å². The summed E-state index contributed by atoms with van der Waals surface area (Å²) in [5, 5.41) is 3.69. The minimum Gasteiger partial charge on any atom is -0.381 e. The number of nitrogens with one attached hydrogen (secondary N) is 1. The van der Waals surface area contributed by atoms with Gasteiger partial charge >= 0.3 is 0 Å². The van der Waals surface area contributed by atoms with Crippen molar-refractivity contribution in [1.29, 1.82) is 0 Å². The monoisotopic (exact) mass is 241 g/mol. The van der Waals surface area contributed by atoms with Crippen molar-refractivity contribution < 1.29 is 4.74 Å². The second-order valence-electron chi connectivity index (χ2n) is 5.91. The first-order chi connectivity index (χ1) is 8.22. The minimum absolute atomic E-state index is 0.659. The van der Waals surface area contributed by atoms with Crippen LogP contribution in [0.25, 0.3) is 0 Å². The third kappa shape index (κ3) is 7.05. The summed E-state index contributed by atoms with van der Waals surface area (Å²) in [5.41, 5.74) is 0. The van der Waals surface area contributed by atoms with Crippen molar-refractivity contribution in [2.45, 2.75) is 65.3 Å². The van der Waals surface area contributed by atoms with Gasteiger partial charge in [-0.25, -0.2) is 0 Å². The highest BCUT2D eigenvalue weighted by Gasteiger charge is 2.19. The van der Waals surface area contributed by atoms with Crippen LogP contribution in [0, 0.1) is 11.8 Å². The molecule has 2 atom stereocenters. The van der Waals surface area contributed by atoms with E-state index < -0.39 is 0 Å². The fourth-order valence-corrected chi connectivity index (χ4v) is 2.65. The molecule has 0 saturated heterocycles. The van der Waals surface area contributed by atoms with Crippen LogP contribution in [-0.2, 0) is 4.74 Å². The van der Waals surface area contributed by atoms with Crippen molar-refractivity contribution in [1.82, 2.24) is 5.32 Å². The van der Waals surface area contributed by atoms with Crippen LogP contribution in [-0.4, -0.2) is 25.8 Å². The predicted molar refractivity (Wildman–Crippen MR) is 74.3 cm³/mol. The van der Waals surface area contributed by atoms with E-state index in [0.29, 0.717) is 5.92 Å². The summed E-state index contributed by atoms with van der Waals surface area (Å²) in [7, 11) is 0. The van der Waals surface area contributed by atoms with Crippen LogP contribution in [0.4, 0.5) is 0 Å². The molecule has 17 heavy (non-hydrogen) atoms. The smallest absolute Gasteiger partial charge is 0.0489 e. The first-order valence-electron chi connectivity index (χ1n) is 7.53.